The van der Waals surface area contributed by atoms with E-state index in [-0.39, 0.29) is 35.0 Å². The number of amides is 1. The Morgan fingerprint density at radius 1 is 1.20 bits per heavy atom. The molecule has 1 heterocycles. The summed E-state index contributed by atoms with van der Waals surface area (Å²) < 4.78 is 5.77. The van der Waals surface area contributed by atoms with E-state index in [1.165, 1.54) is 6.07 Å². The fourth-order valence-corrected chi connectivity index (χ4v) is 3.77. The highest BCUT2D eigenvalue weighted by Crippen LogP contribution is 2.33. The van der Waals surface area contributed by atoms with Crippen LogP contribution in [-0.2, 0) is 11.2 Å². The first kappa shape index (κ1) is 22.1. The summed E-state index contributed by atoms with van der Waals surface area (Å²) in [5.41, 5.74) is 2.79. The summed E-state index contributed by atoms with van der Waals surface area (Å²) in [7, 11) is 0. The van der Waals surface area contributed by atoms with Gasteiger partial charge < -0.3 is 25.2 Å². The molecule has 1 unspecified atom stereocenters. The SMILES string of the molecule is CCCN(C(=O)c1cc(C(C)C)c(O)cc1O)c1ccc(CC2CNCCO2)cc1. The number of phenols is 2. The van der Waals surface area contributed by atoms with E-state index in [0.717, 1.165) is 43.8 Å². The predicted molar refractivity (Wildman–Crippen MR) is 119 cm³/mol. The highest BCUT2D eigenvalue weighted by molar-refractivity contribution is 6.08. The van der Waals surface area contributed by atoms with E-state index in [9.17, 15) is 15.0 Å². The summed E-state index contributed by atoms with van der Waals surface area (Å²) in [6.07, 6.45) is 1.78. The average molecular weight is 413 g/mol. The number of benzene rings is 2. The number of nitrogens with zero attached hydrogens (tertiary/aromatic N) is 1. The Hall–Kier alpha value is -2.57. The summed E-state index contributed by atoms with van der Waals surface area (Å²) in [5.74, 6) is -0.442. The normalized spacial score (nSPS) is 16.6. The third-order valence-electron chi connectivity index (χ3n) is 5.41. The monoisotopic (exact) mass is 412 g/mol. The minimum atomic E-state index is -0.274. The molecule has 1 saturated heterocycles. The second-order valence-corrected chi connectivity index (χ2v) is 8.11. The van der Waals surface area contributed by atoms with Gasteiger partial charge in [-0.15, -0.1) is 0 Å². The quantitative estimate of drug-likeness (QED) is 0.644. The van der Waals surface area contributed by atoms with Gasteiger partial charge in [0, 0.05) is 31.4 Å². The van der Waals surface area contributed by atoms with Crippen molar-refractivity contribution in [3.8, 4) is 11.5 Å². The Morgan fingerprint density at radius 2 is 1.93 bits per heavy atom. The molecule has 0 aliphatic carbocycles. The van der Waals surface area contributed by atoms with Crippen molar-refractivity contribution in [3.05, 3.63) is 53.1 Å². The number of carbonyl (C=O) groups is 1. The third kappa shape index (κ3) is 5.12. The van der Waals surface area contributed by atoms with Crippen molar-refractivity contribution in [2.24, 2.45) is 0 Å². The zero-order valence-corrected chi connectivity index (χ0v) is 18.0. The van der Waals surface area contributed by atoms with Gasteiger partial charge >= 0.3 is 0 Å². The van der Waals surface area contributed by atoms with E-state index in [0.29, 0.717) is 12.1 Å². The maximum atomic E-state index is 13.3. The number of rotatable bonds is 7. The smallest absolute Gasteiger partial charge is 0.262 e. The first-order valence-corrected chi connectivity index (χ1v) is 10.7. The van der Waals surface area contributed by atoms with Crippen molar-refractivity contribution in [2.45, 2.75) is 45.6 Å². The number of ether oxygens (including phenoxy) is 1. The Kier molecular flexibility index (Phi) is 7.34. The summed E-state index contributed by atoms with van der Waals surface area (Å²) in [6.45, 7) is 8.90. The molecule has 162 valence electrons. The fraction of sp³-hybridized carbons (Fsp3) is 0.458. The Bertz CT molecular complexity index is 858. The number of phenolic OH excluding ortho intramolecular Hbond substituents is 2. The van der Waals surface area contributed by atoms with Crippen LogP contribution in [0, 0.1) is 0 Å². The number of aromatic hydroxyl groups is 2. The standard InChI is InChI=1S/C24H32N2O4/c1-4-10-26(24(29)21-13-20(16(2)3)22(27)14-23(21)28)18-7-5-17(6-8-18)12-19-15-25-9-11-30-19/h5-8,13-14,16,19,25,27-28H,4,9-12,15H2,1-3H3. The zero-order chi connectivity index (χ0) is 21.7. The van der Waals surface area contributed by atoms with Gasteiger partial charge in [-0.25, -0.2) is 0 Å². The molecule has 3 rings (SSSR count). The summed E-state index contributed by atoms with van der Waals surface area (Å²) in [6, 6.07) is 10.8. The van der Waals surface area contributed by atoms with Gasteiger partial charge in [0.1, 0.15) is 11.5 Å². The van der Waals surface area contributed by atoms with Crippen LogP contribution in [0.3, 0.4) is 0 Å². The molecule has 0 spiro atoms. The van der Waals surface area contributed by atoms with Crippen LogP contribution in [0.2, 0.25) is 0 Å². The molecule has 3 N–H and O–H groups in total. The Balaban J connectivity index is 1.83. The van der Waals surface area contributed by atoms with Crippen LogP contribution >= 0.6 is 0 Å². The van der Waals surface area contributed by atoms with Gasteiger partial charge in [-0.05, 0) is 48.1 Å². The van der Waals surface area contributed by atoms with Gasteiger partial charge in [-0.2, -0.15) is 0 Å². The van der Waals surface area contributed by atoms with Crippen LogP contribution in [0.1, 0.15) is 54.6 Å². The van der Waals surface area contributed by atoms with Crippen LogP contribution in [0.4, 0.5) is 5.69 Å². The van der Waals surface area contributed by atoms with Crippen LogP contribution in [0.15, 0.2) is 36.4 Å². The van der Waals surface area contributed by atoms with E-state index in [2.05, 4.69) is 5.32 Å². The topological polar surface area (TPSA) is 82.0 Å². The van der Waals surface area contributed by atoms with Gasteiger partial charge in [0.25, 0.3) is 5.91 Å². The molecular weight excluding hydrogens is 380 g/mol. The van der Waals surface area contributed by atoms with Crippen molar-refractivity contribution in [3.63, 3.8) is 0 Å². The molecular formula is C24H32N2O4. The molecule has 1 aliphatic rings. The number of hydrogen-bond donors (Lipinski definition) is 3. The lowest BCUT2D eigenvalue weighted by atomic mass is 9.98. The third-order valence-corrected chi connectivity index (χ3v) is 5.41. The predicted octanol–water partition coefficient (Wildman–Crippen LogP) is 3.81. The number of nitrogens with one attached hydrogen (secondary N) is 1. The molecule has 6 nitrogen and oxygen atoms in total. The zero-order valence-electron chi connectivity index (χ0n) is 18.0. The summed E-state index contributed by atoms with van der Waals surface area (Å²) >= 11 is 0. The van der Waals surface area contributed by atoms with Crippen LogP contribution in [-0.4, -0.2) is 48.5 Å². The number of carbonyl (C=O) groups excluding carboxylic acids is 1. The first-order valence-electron chi connectivity index (χ1n) is 10.7. The second kappa shape index (κ2) is 9.96. The molecule has 2 aromatic carbocycles. The highest BCUT2D eigenvalue weighted by atomic mass is 16.5. The summed E-state index contributed by atoms with van der Waals surface area (Å²) in [5, 5.41) is 23.8. The lowest BCUT2D eigenvalue weighted by Gasteiger charge is -2.25. The van der Waals surface area contributed by atoms with Crippen LogP contribution < -0.4 is 10.2 Å². The van der Waals surface area contributed by atoms with Gasteiger partial charge in [-0.3, -0.25) is 4.79 Å². The lowest BCUT2D eigenvalue weighted by molar-refractivity contribution is 0.0292. The molecule has 6 heteroatoms. The second-order valence-electron chi connectivity index (χ2n) is 8.11. The summed E-state index contributed by atoms with van der Waals surface area (Å²) in [4.78, 5) is 15.0. The van der Waals surface area contributed by atoms with Gasteiger partial charge in [0.2, 0.25) is 0 Å². The minimum Gasteiger partial charge on any atom is -0.508 e. The van der Waals surface area contributed by atoms with Crippen molar-refractivity contribution < 1.29 is 19.7 Å². The minimum absolute atomic E-state index is 0.00451. The Labute approximate surface area is 178 Å². The lowest BCUT2D eigenvalue weighted by Crippen LogP contribution is -2.39. The van der Waals surface area contributed by atoms with Gasteiger partial charge in [0.15, 0.2) is 0 Å². The molecule has 30 heavy (non-hydrogen) atoms. The molecule has 1 fully saturated rings. The molecule has 0 saturated carbocycles. The largest absolute Gasteiger partial charge is 0.508 e. The van der Waals surface area contributed by atoms with Crippen molar-refractivity contribution >= 4 is 11.6 Å². The van der Waals surface area contributed by atoms with E-state index >= 15 is 0 Å². The van der Waals surface area contributed by atoms with Crippen molar-refractivity contribution in [2.75, 3.05) is 31.1 Å². The van der Waals surface area contributed by atoms with Gasteiger partial charge in [-0.1, -0.05) is 32.9 Å². The molecule has 1 aliphatic heterocycles. The molecule has 1 atom stereocenters. The fourth-order valence-electron chi connectivity index (χ4n) is 3.77. The first-order chi connectivity index (χ1) is 14.4. The molecule has 0 bridgehead atoms. The van der Waals surface area contributed by atoms with Gasteiger partial charge in [0.05, 0.1) is 18.3 Å². The number of hydrogen-bond acceptors (Lipinski definition) is 5. The number of anilines is 1. The van der Waals surface area contributed by atoms with Crippen LogP contribution in [0.25, 0.3) is 0 Å². The van der Waals surface area contributed by atoms with E-state index in [1.807, 2.05) is 45.0 Å². The van der Waals surface area contributed by atoms with Crippen molar-refractivity contribution in [1.82, 2.24) is 5.32 Å². The van der Waals surface area contributed by atoms with E-state index in [1.54, 1.807) is 11.0 Å². The average Bonchev–Trinajstić information content (AvgIpc) is 2.73. The molecule has 0 aromatic heterocycles. The Morgan fingerprint density at radius 3 is 2.53 bits per heavy atom. The van der Waals surface area contributed by atoms with Crippen molar-refractivity contribution in [1.29, 1.82) is 0 Å². The maximum Gasteiger partial charge on any atom is 0.262 e. The van der Waals surface area contributed by atoms with E-state index < -0.39 is 0 Å². The van der Waals surface area contributed by atoms with Crippen LogP contribution in [0.5, 0.6) is 11.5 Å². The highest BCUT2D eigenvalue weighted by Gasteiger charge is 2.23. The molecule has 0 radical (unpaired) electrons. The maximum absolute atomic E-state index is 13.3. The van der Waals surface area contributed by atoms with E-state index in [4.69, 9.17) is 4.74 Å². The molecule has 1 amide bonds. The number of morpholine rings is 1. The molecule has 2 aromatic rings.